The van der Waals surface area contributed by atoms with Crippen molar-refractivity contribution in [1.82, 2.24) is 9.78 Å². The summed E-state index contributed by atoms with van der Waals surface area (Å²) in [5, 5.41) is 14.9. The Hall–Kier alpha value is -1.41. The summed E-state index contributed by atoms with van der Waals surface area (Å²) in [6.07, 6.45) is 0. The molecule has 0 aromatic carbocycles. The molecule has 2 aromatic heterocycles. The molecule has 0 radical (unpaired) electrons. The van der Waals surface area contributed by atoms with Crippen molar-refractivity contribution in [1.29, 1.82) is 0 Å². The Bertz CT molecular complexity index is 578. The van der Waals surface area contributed by atoms with E-state index in [-0.39, 0.29) is 5.00 Å². The van der Waals surface area contributed by atoms with Crippen LogP contribution in [0.3, 0.4) is 0 Å². The molecule has 0 unspecified atom stereocenters. The van der Waals surface area contributed by atoms with E-state index in [0.29, 0.717) is 12.4 Å². The summed E-state index contributed by atoms with van der Waals surface area (Å²) in [4.78, 5) is 11.0. The van der Waals surface area contributed by atoms with Crippen LogP contribution in [0.2, 0.25) is 0 Å². The number of halogens is 1. The highest BCUT2D eigenvalue weighted by Crippen LogP contribution is 2.27. The van der Waals surface area contributed by atoms with Crippen molar-refractivity contribution in [2.75, 3.05) is 5.73 Å². The van der Waals surface area contributed by atoms with Crippen LogP contribution in [0.1, 0.15) is 10.6 Å². The summed E-state index contributed by atoms with van der Waals surface area (Å²) >= 11 is 4.46. The van der Waals surface area contributed by atoms with Crippen molar-refractivity contribution in [2.45, 2.75) is 13.5 Å². The zero-order valence-corrected chi connectivity index (χ0v) is 11.3. The second kappa shape index (κ2) is 4.46. The van der Waals surface area contributed by atoms with E-state index < -0.39 is 4.92 Å². The monoisotopic (exact) mass is 316 g/mol. The Morgan fingerprint density at radius 1 is 1.65 bits per heavy atom. The molecule has 2 heterocycles. The van der Waals surface area contributed by atoms with E-state index in [1.807, 2.05) is 6.92 Å². The first kappa shape index (κ1) is 12.1. The van der Waals surface area contributed by atoms with E-state index in [1.54, 1.807) is 10.7 Å². The van der Waals surface area contributed by atoms with Gasteiger partial charge >= 0.3 is 5.00 Å². The molecular weight excluding hydrogens is 308 g/mol. The minimum atomic E-state index is -0.401. The van der Waals surface area contributed by atoms with Gasteiger partial charge in [-0.1, -0.05) is 11.3 Å². The van der Waals surface area contributed by atoms with Gasteiger partial charge in [-0.05, 0) is 28.9 Å². The van der Waals surface area contributed by atoms with Gasteiger partial charge in [-0.25, -0.2) is 4.68 Å². The minimum absolute atomic E-state index is 0.126. The maximum absolute atomic E-state index is 10.6. The predicted octanol–water partition coefficient (Wildman–Crippen LogP) is 2.55. The lowest BCUT2D eigenvalue weighted by Crippen LogP contribution is -2.04. The fraction of sp³-hybridized carbons (Fsp3) is 0.222. The number of aryl methyl sites for hydroxylation is 1. The van der Waals surface area contributed by atoms with Crippen LogP contribution < -0.4 is 5.73 Å². The molecule has 2 aromatic rings. The molecule has 6 nitrogen and oxygen atoms in total. The summed E-state index contributed by atoms with van der Waals surface area (Å²) < 4.78 is 2.39. The first-order valence-electron chi connectivity index (χ1n) is 4.70. The van der Waals surface area contributed by atoms with E-state index >= 15 is 0 Å². The molecule has 0 aliphatic heterocycles. The molecule has 0 atom stereocenters. The lowest BCUT2D eigenvalue weighted by Gasteiger charge is -2.00. The number of thiophene rings is 1. The van der Waals surface area contributed by atoms with E-state index in [1.165, 1.54) is 6.07 Å². The van der Waals surface area contributed by atoms with Gasteiger partial charge in [-0.2, -0.15) is 5.10 Å². The maximum Gasteiger partial charge on any atom is 0.324 e. The third-order valence-corrected chi connectivity index (χ3v) is 4.23. The van der Waals surface area contributed by atoms with Gasteiger partial charge < -0.3 is 5.73 Å². The third kappa shape index (κ3) is 2.32. The summed E-state index contributed by atoms with van der Waals surface area (Å²) in [5.74, 6) is 0.526. The fourth-order valence-electron chi connectivity index (χ4n) is 1.40. The number of hydrogen-bond acceptors (Lipinski definition) is 5. The Balaban J connectivity index is 2.25. The van der Waals surface area contributed by atoms with Gasteiger partial charge in [0.25, 0.3) is 0 Å². The van der Waals surface area contributed by atoms with Crippen LogP contribution in [0.15, 0.2) is 16.6 Å². The van der Waals surface area contributed by atoms with E-state index in [0.717, 1.165) is 26.4 Å². The maximum atomic E-state index is 10.6. The Morgan fingerprint density at radius 3 is 2.82 bits per heavy atom. The molecule has 0 saturated heterocycles. The van der Waals surface area contributed by atoms with Gasteiger partial charge in [-0.15, -0.1) is 0 Å². The van der Waals surface area contributed by atoms with Crippen LogP contribution in [0.25, 0.3) is 0 Å². The van der Waals surface area contributed by atoms with Gasteiger partial charge in [0.1, 0.15) is 5.82 Å². The highest BCUT2D eigenvalue weighted by Gasteiger charge is 2.13. The van der Waals surface area contributed by atoms with Crippen molar-refractivity contribution < 1.29 is 4.92 Å². The average molecular weight is 317 g/mol. The summed E-state index contributed by atoms with van der Waals surface area (Å²) in [6.45, 7) is 2.28. The molecule has 90 valence electrons. The molecule has 17 heavy (non-hydrogen) atoms. The number of anilines is 1. The number of nitrogen functional groups attached to an aromatic ring is 1. The summed E-state index contributed by atoms with van der Waals surface area (Å²) in [6, 6.07) is 3.20. The number of hydrogen-bond donors (Lipinski definition) is 1. The van der Waals surface area contributed by atoms with Gasteiger partial charge in [0.05, 0.1) is 21.6 Å². The third-order valence-electron chi connectivity index (χ3n) is 2.22. The molecule has 0 aliphatic rings. The average Bonchev–Trinajstić information content (AvgIpc) is 2.82. The van der Waals surface area contributed by atoms with E-state index in [9.17, 15) is 10.1 Å². The normalized spacial score (nSPS) is 10.7. The molecule has 0 amide bonds. The van der Waals surface area contributed by atoms with Crippen LogP contribution >= 0.6 is 27.3 Å². The van der Waals surface area contributed by atoms with Gasteiger partial charge in [0.2, 0.25) is 0 Å². The highest BCUT2D eigenvalue weighted by molar-refractivity contribution is 9.10. The van der Waals surface area contributed by atoms with Gasteiger partial charge in [0, 0.05) is 10.9 Å². The topological polar surface area (TPSA) is 87.0 Å². The molecule has 0 aliphatic carbocycles. The second-order valence-electron chi connectivity index (χ2n) is 3.44. The van der Waals surface area contributed by atoms with E-state index in [4.69, 9.17) is 5.73 Å². The molecule has 0 fully saturated rings. The standard InChI is InChI=1S/C9H9BrN4O2S/c1-5-8(10)9(11)13(12-5)4-6-2-3-7(17-6)14(15)16/h2-3H,4,11H2,1H3. The Labute approximate surface area is 109 Å². The largest absolute Gasteiger partial charge is 0.383 e. The van der Waals surface area contributed by atoms with Crippen LogP contribution in [-0.4, -0.2) is 14.7 Å². The van der Waals surface area contributed by atoms with Crippen LogP contribution in [0, 0.1) is 17.0 Å². The van der Waals surface area contributed by atoms with Crippen molar-refractivity contribution in [3.05, 3.63) is 37.3 Å². The van der Waals surface area contributed by atoms with Crippen molar-refractivity contribution in [3.63, 3.8) is 0 Å². The smallest absolute Gasteiger partial charge is 0.324 e. The molecule has 0 spiro atoms. The van der Waals surface area contributed by atoms with Gasteiger partial charge in [-0.3, -0.25) is 10.1 Å². The first-order chi connectivity index (χ1) is 7.99. The Kier molecular flexibility index (Phi) is 3.16. The van der Waals surface area contributed by atoms with Crippen molar-refractivity contribution >= 4 is 38.1 Å². The quantitative estimate of drug-likeness (QED) is 0.696. The lowest BCUT2D eigenvalue weighted by atomic mass is 10.4. The molecule has 0 bridgehead atoms. The summed E-state index contributed by atoms with van der Waals surface area (Å²) in [5.41, 5.74) is 6.64. The number of nitrogens with two attached hydrogens (primary N) is 1. The second-order valence-corrected chi connectivity index (χ2v) is 5.38. The van der Waals surface area contributed by atoms with Crippen molar-refractivity contribution in [3.8, 4) is 0 Å². The molecule has 0 saturated carbocycles. The molecule has 2 N–H and O–H groups in total. The minimum Gasteiger partial charge on any atom is -0.383 e. The van der Waals surface area contributed by atoms with Crippen LogP contribution in [-0.2, 0) is 6.54 Å². The number of rotatable bonds is 3. The van der Waals surface area contributed by atoms with Crippen LogP contribution in [0.4, 0.5) is 10.8 Å². The zero-order chi connectivity index (χ0) is 12.6. The van der Waals surface area contributed by atoms with E-state index in [2.05, 4.69) is 21.0 Å². The van der Waals surface area contributed by atoms with Gasteiger partial charge in [0.15, 0.2) is 0 Å². The first-order valence-corrected chi connectivity index (χ1v) is 6.31. The number of nitrogens with zero attached hydrogens (tertiary/aromatic N) is 3. The lowest BCUT2D eigenvalue weighted by molar-refractivity contribution is -0.380. The number of nitro groups is 1. The fourth-order valence-corrected chi connectivity index (χ4v) is 2.48. The summed E-state index contributed by atoms with van der Waals surface area (Å²) in [7, 11) is 0. The number of aromatic nitrogens is 2. The molecule has 8 heteroatoms. The SMILES string of the molecule is Cc1nn(Cc2ccc([N+](=O)[O-])s2)c(N)c1Br. The highest BCUT2D eigenvalue weighted by atomic mass is 79.9. The van der Waals surface area contributed by atoms with Crippen molar-refractivity contribution in [2.24, 2.45) is 0 Å². The zero-order valence-electron chi connectivity index (χ0n) is 8.88. The molecule has 2 rings (SSSR count). The predicted molar refractivity (Wildman–Crippen MR) is 69.2 cm³/mol. The molecular formula is C9H9BrN4O2S. The Morgan fingerprint density at radius 2 is 2.35 bits per heavy atom. The van der Waals surface area contributed by atoms with Crippen LogP contribution in [0.5, 0.6) is 0 Å².